The summed E-state index contributed by atoms with van der Waals surface area (Å²) < 4.78 is 0. The number of hydrogen-bond donors (Lipinski definition) is 1. The molecule has 0 aromatic heterocycles. The molecule has 0 bridgehead atoms. The summed E-state index contributed by atoms with van der Waals surface area (Å²) in [6.07, 6.45) is 2.35. The number of aryl methyl sites for hydroxylation is 1. The van der Waals surface area contributed by atoms with Crippen LogP contribution >= 0.6 is 11.6 Å². The number of aliphatic hydroxyl groups excluding tert-OH is 1. The molecule has 94 valence electrons. The first-order chi connectivity index (χ1) is 8.19. The molecule has 1 saturated heterocycles. The molecule has 1 aromatic carbocycles. The van der Waals surface area contributed by atoms with Crippen molar-refractivity contribution in [2.75, 3.05) is 19.7 Å². The number of benzene rings is 1. The van der Waals surface area contributed by atoms with E-state index in [1.807, 2.05) is 12.1 Å². The normalized spacial score (nSPS) is 21.7. The van der Waals surface area contributed by atoms with Crippen LogP contribution in [-0.4, -0.2) is 29.7 Å². The molecule has 0 aliphatic carbocycles. The van der Waals surface area contributed by atoms with Crippen LogP contribution in [0.25, 0.3) is 0 Å². The number of nitrogens with zero attached hydrogens (tertiary/aromatic N) is 1. The fraction of sp³-hybridized carbons (Fsp3) is 0.571. The van der Waals surface area contributed by atoms with Crippen LogP contribution in [0.15, 0.2) is 18.2 Å². The quantitative estimate of drug-likeness (QED) is 0.896. The second-order valence-corrected chi connectivity index (χ2v) is 5.43. The van der Waals surface area contributed by atoms with Gasteiger partial charge in [0.05, 0.1) is 0 Å². The molecular formula is C14H20ClNO. The summed E-state index contributed by atoms with van der Waals surface area (Å²) in [6, 6.07) is 6.09. The third kappa shape index (κ3) is 3.44. The molecule has 1 atom stereocenters. The van der Waals surface area contributed by atoms with Crippen molar-refractivity contribution in [1.82, 2.24) is 4.90 Å². The van der Waals surface area contributed by atoms with Crippen molar-refractivity contribution in [3.63, 3.8) is 0 Å². The van der Waals surface area contributed by atoms with E-state index < -0.39 is 0 Å². The Balaban J connectivity index is 2.00. The highest BCUT2D eigenvalue weighted by Crippen LogP contribution is 2.21. The number of halogens is 1. The second-order valence-electron chi connectivity index (χ2n) is 5.00. The summed E-state index contributed by atoms with van der Waals surface area (Å²) in [6.45, 7) is 5.54. The summed E-state index contributed by atoms with van der Waals surface area (Å²) in [5.74, 6) is 0.455. The number of piperidine rings is 1. The molecule has 17 heavy (non-hydrogen) atoms. The Morgan fingerprint density at radius 2 is 2.29 bits per heavy atom. The number of likely N-dealkylation sites (tertiary alicyclic amines) is 1. The maximum Gasteiger partial charge on any atom is 0.0471 e. The highest BCUT2D eigenvalue weighted by molar-refractivity contribution is 6.30. The van der Waals surface area contributed by atoms with Crippen molar-refractivity contribution < 1.29 is 5.11 Å². The van der Waals surface area contributed by atoms with Gasteiger partial charge in [0.2, 0.25) is 0 Å². The molecule has 1 unspecified atom stereocenters. The van der Waals surface area contributed by atoms with E-state index in [1.165, 1.54) is 17.5 Å². The Labute approximate surface area is 108 Å². The van der Waals surface area contributed by atoms with Gasteiger partial charge in [-0.15, -0.1) is 0 Å². The minimum Gasteiger partial charge on any atom is -0.396 e. The minimum absolute atomic E-state index is 0.316. The Morgan fingerprint density at radius 1 is 1.47 bits per heavy atom. The Hall–Kier alpha value is -0.570. The van der Waals surface area contributed by atoms with Gasteiger partial charge in [-0.2, -0.15) is 0 Å². The molecule has 1 aromatic rings. The molecule has 2 rings (SSSR count). The fourth-order valence-corrected chi connectivity index (χ4v) is 2.75. The van der Waals surface area contributed by atoms with Crippen LogP contribution < -0.4 is 0 Å². The van der Waals surface area contributed by atoms with Crippen LogP contribution in [0.2, 0.25) is 5.02 Å². The minimum atomic E-state index is 0.316. The Bertz CT molecular complexity index is 380. The van der Waals surface area contributed by atoms with Crippen molar-refractivity contribution in [3.8, 4) is 0 Å². The summed E-state index contributed by atoms with van der Waals surface area (Å²) in [7, 11) is 0. The van der Waals surface area contributed by atoms with Gasteiger partial charge in [0.15, 0.2) is 0 Å². The average molecular weight is 254 g/mol. The SMILES string of the molecule is Cc1cc(Cl)ccc1CN1CCCC(CO)C1. The first kappa shape index (κ1) is 12.9. The molecule has 0 radical (unpaired) electrons. The van der Waals surface area contributed by atoms with Crippen LogP contribution in [0, 0.1) is 12.8 Å². The maximum atomic E-state index is 9.22. The highest BCUT2D eigenvalue weighted by atomic mass is 35.5. The van der Waals surface area contributed by atoms with E-state index >= 15 is 0 Å². The van der Waals surface area contributed by atoms with Gasteiger partial charge in [-0.3, -0.25) is 4.90 Å². The standard InChI is InChI=1S/C14H20ClNO/c1-11-7-14(15)5-4-13(11)9-16-6-2-3-12(8-16)10-17/h4-5,7,12,17H,2-3,6,8-10H2,1H3. The largest absolute Gasteiger partial charge is 0.396 e. The maximum absolute atomic E-state index is 9.22. The first-order valence-corrected chi connectivity index (χ1v) is 6.65. The first-order valence-electron chi connectivity index (χ1n) is 6.27. The zero-order valence-corrected chi connectivity index (χ0v) is 11.1. The van der Waals surface area contributed by atoms with Gasteiger partial charge in [-0.25, -0.2) is 0 Å². The molecule has 1 N–H and O–H groups in total. The summed E-state index contributed by atoms with van der Waals surface area (Å²) in [4.78, 5) is 2.43. The van der Waals surface area contributed by atoms with Crippen LogP contribution in [0.3, 0.4) is 0 Å². The van der Waals surface area contributed by atoms with Crippen LogP contribution in [-0.2, 0) is 6.54 Å². The summed E-state index contributed by atoms with van der Waals surface area (Å²) in [5.41, 5.74) is 2.59. The van der Waals surface area contributed by atoms with Crippen LogP contribution in [0.1, 0.15) is 24.0 Å². The lowest BCUT2D eigenvalue weighted by molar-refractivity contribution is 0.116. The van der Waals surface area contributed by atoms with Gasteiger partial charge in [-0.05, 0) is 55.5 Å². The smallest absolute Gasteiger partial charge is 0.0471 e. The molecule has 0 saturated carbocycles. The zero-order chi connectivity index (χ0) is 12.3. The Kier molecular flexibility index (Phi) is 4.43. The van der Waals surface area contributed by atoms with Gasteiger partial charge in [0.1, 0.15) is 0 Å². The lowest BCUT2D eigenvalue weighted by Gasteiger charge is -2.32. The molecule has 1 aliphatic heterocycles. The molecular weight excluding hydrogens is 234 g/mol. The molecule has 1 heterocycles. The zero-order valence-electron chi connectivity index (χ0n) is 10.3. The van der Waals surface area contributed by atoms with Crippen LogP contribution in [0.4, 0.5) is 0 Å². The second kappa shape index (κ2) is 5.85. The van der Waals surface area contributed by atoms with E-state index in [2.05, 4.69) is 17.9 Å². The van der Waals surface area contributed by atoms with Gasteiger partial charge in [0.25, 0.3) is 0 Å². The predicted octanol–water partition coefficient (Wildman–Crippen LogP) is 2.85. The number of rotatable bonds is 3. The highest BCUT2D eigenvalue weighted by Gasteiger charge is 2.19. The van der Waals surface area contributed by atoms with Crippen molar-refractivity contribution in [2.45, 2.75) is 26.3 Å². The third-order valence-corrected chi connectivity index (χ3v) is 3.79. The fourth-order valence-electron chi connectivity index (χ4n) is 2.52. The number of aliphatic hydroxyl groups is 1. The number of hydrogen-bond acceptors (Lipinski definition) is 2. The third-order valence-electron chi connectivity index (χ3n) is 3.56. The van der Waals surface area contributed by atoms with E-state index in [9.17, 15) is 5.11 Å². The Morgan fingerprint density at radius 3 is 3.00 bits per heavy atom. The van der Waals surface area contributed by atoms with Crippen molar-refractivity contribution in [1.29, 1.82) is 0 Å². The van der Waals surface area contributed by atoms with Crippen molar-refractivity contribution in [2.24, 2.45) is 5.92 Å². The molecule has 1 aliphatic rings. The topological polar surface area (TPSA) is 23.5 Å². The molecule has 0 spiro atoms. The summed E-state index contributed by atoms with van der Waals surface area (Å²) >= 11 is 5.96. The molecule has 3 heteroatoms. The van der Waals surface area contributed by atoms with Gasteiger partial charge < -0.3 is 5.11 Å². The van der Waals surface area contributed by atoms with E-state index in [-0.39, 0.29) is 0 Å². The monoisotopic (exact) mass is 253 g/mol. The average Bonchev–Trinajstić information content (AvgIpc) is 2.33. The van der Waals surface area contributed by atoms with Gasteiger partial charge >= 0.3 is 0 Å². The van der Waals surface area contributed by atoms with Gasteiger partial charge in [0, 0.05) is 24.7 Å². The van der Waals surface area contributed by atoms with E-state index in [1.54, 1.807) is 0 Å². The lowest BCUT2D eigenvalue weighted by Crippen LogP contribution is -2.36. The van der Waals surface area contributed by atoms with E-state index in [4.69, 9.17) is 11.6 Å². The van der Waals surface area contributed by atoms with Crippen molar-refractivity contribution >= 4 is 11.6 Å². The lowest BCUT2D eigenvalue weighted by atomic mass is 9.98. The van der Waals surface area contributed by atoms with Crippen molar-refractivity contribution in [3.05, 3.63) is 34.3 Å². The molecule has 0 amide bonds. The van der Waals surface area contributed by atoms with Crippen LogP contribution in [0.5, 0.6) is 0 Å². The summed E-state index contributed by atoms with van der Waals surface area (Å²) in [5, 5.41) is 10.0. The predicted molar refractivity (Wildman–Crippen MR) is 71.3 cm³/mol. The van der Waals surface area contributed by atoms with Gasteiger partial charge in [-0.1, -0.05) is 17.7 Å². The molecule has 2 nitrogen and oxygen atoms in total. The molecule has 1 fully saturated rings. The van der Waals surface area contributed by atoms with E-state index in [0.717, 1.165) is 31.1 Å². The van der Waals surface area contributed by atoms with E-state index in [0.29, 0.717) is 12.5 Å².